The Morgan fingerprint density at radius 2 is 2.29 bits per heavy atom. The van der Waals surface area contributed by atoms with Gasteiger partial charge in [-0.25, -0.2) is 0 Å². The highest BCUT2D eigenvalue weighted by Gasteiger charge is 1.98. The van der Waals surface area contributed by atoms with Gasteiger partial charge in [-0.3, -0.25) is 4.79 Å². The van der Waals surface area contributed by atoms with Crippen molar-refractivity contribution in [2.45, 2.75) is 19.3 Å². The molecular formula is C8H17N3O3. The summed E-state index contributed by atoms with van der Waals surface area (Å²) in [6, 6.07) is 0. The number of ether oxygens (including phenoxy) is 1. The number of nitrogens with zero attached hydrogens (tertiary/aromatic N) is 1. The van der Waals surface area contributed by atoms with E-state index < -0.39 is 0 Å². The van der Waals surface area contributed by atoms with Crippen LogP contribution < -0.4 is 11.1 Å². The van der Waals surface area contributed by atoms with Crippen LogP contribution in [0.3, 0.4) is 0 Å². The fraction of sp³-hybridized carbons (Fsp3) is 0.750. The quantitative estimate of drug-likeness (QED) is 0.173. The molecule has 0 unspecified atom stereocenters. The number of methoxy groups -OCH3 is 1. The number of amidine groups is 1. The molecule has 4 N–H and O–H groups in total. The first-order chi connectivity index (χ1) is 6.70. The van der Waals surface area contributed by atoms with Crippen LogP contribution in [0.4, 0.5) is 0 Å². The number of hydrogen-bond donors (Lipinski definition) is 3. The average Bonchev–Trinajstić information content (AvgIpc) is 2.17. The third-order valence-electron chi connectivity index (χ3n) is 1.59. The second-order valence-electron chi connectivity index (χ2n) is 2.83. The highest BCUT2D eigenvalue weighted by Crippen LogP contribution is 1.93. The maximum atomic E-state index is 10.9. The molecule has 0 saturated carbocycles. The Morgan fingerprint density at radius 3 is 2.86 bits per heavy atom. The van der Waals surface area contributed by atoms with E-state index in [1.54, 1.807) is 0 Å². The summed E-state index contributed by atoms with van der Waals surface area (Å²) in [5.74, 6) is 0.0875. The van der Waals surface area contributed by atoms with Gasteiger partial charge >= 0.3 is 0 Å². The Hall–Kier alpha value is -1.30. The third kappa shape index (κ3) is 7.35. The molecule has 14 heavy (non-hydrogen) atoms. The van der Waals surface area contributed by atoms with Crippen LogP contribution in [0, 0.1) is 0 Å². The molecule has 0 heterocycles. The highest BCUT2D eigenvalue weighted by molar-refractivity contribution is 5.79. The van der Waals surface area contributed by atoms with Crippen LogP contribution in [0.5, 0.6) is 0 Å². The minimum absolute atomic E-state index is 0.0836. The summed E-state index contributed by atoms with van der Waals surface area (Å²) in [5.41, 5.74) is 5.26. The molecule has 0 rings (SSSR count). The summed E-state index contributed by atoms with van der Waals surface area (Å²) < 4.78 is 4.63. The summed E-state index contributed by atoms with van der Waals surface area (Å²) in [6.45, 7) is 0.668. The summed E-state index contributed by atoms with van der Waals surface area (Å²) in [7, 11) is 1.47. The van der Waals surface area contributed by atoms with Crippen molar-refractivity contribution in [3.63, 3.8) is 0 Å². The fourth-order valence-corrected chi connectivity index (χ4v) is 0.891. The van der Waals surface area contributed by atoms with Crippen molar-refractivity contribution in [3.8, 4) is 0 Å². The molecule has 0 fully saturated rings. The van der Waals surface area contributed by atoms with Crippen LogP contribution >= 0.6 is 0 Å². The minimum atomic E-state index is -0.128. The standard InChI is InChI=1S/C8H17N3O3/c1-14-6-8(12)10-5-3-2-4-7(9)11-13/h13H,2-6H2,1H3,(H2,9,11)(H,10,12). The lowest BCUT2D eigenvalue weighted by atomic mass is 10.2. The van der Waals surface area contributed by atoms with E-state index in [0.717, 1.165) is 12.8 Å². The van der Waals surface area contributed by atoms with Gasteiger partial charge in [0, 0.05) is 20.1 Å². The van der Waals surface area contributed by atoms with Crippen LogP contribution in [0.2, 0.25) is 0 Å². The van der Waals surface area contributed by atoms with Gasteiger partial charge in [0.2, 0.25) is 5.91 Å². The Kier molecular flexibility index (Phi) is 7.53. The predicted molar refractivity (Wildman–Crippen MR) is 52.1 cm³/mol. The molecule has 0 atom stereocenters. The van der Waals surface area contributed by atoms with E-state index in [4.69, 9.17) is 10.9 Å². The van der Waals surface area contributed by atoms with Gasteiger partial charge in [0.05, 0.1) is 0 Å². The third-order valence-corrected chi connectivity index (χ3v) is 1.59. The Balaban J connectivity index is 3.25. The van der Waals surface area contributed by atoms with Crippen molar-refractivity contribution in [1.29, 1.82) is 0 Å². The second-order valence-corrected chi connectivity index (χ2v) is 2.83. The summed E-state index contributed by atoms with van der Waals surface area (Å²) in [5, 5.41) is 13.7. The summed E-state index contributed by atoms with van der Waals surface area (Å²) in [4.78, 5) is 10.9. The van der Waals surface area contributed by atoms with E-state index in [0.29, 0.717) is 13.0 Å². The molecule has 0 aliphatic carbocycles. The van der Waals surface area contributed by atoms with Crippen molar-refractivity contribution in [1.82, 2.24) is 5.32 Å². The first-order valence-corrected chi connectivity index (χ1v) is 4.42. The van der Waals surface area contributed by atoms with Gasteiger partial charge in [-0.05, 0) is 12.8 Å². The SMILES string of the molecule is COCC(=O)NCCCCC(N)=NO. The van der Waals surface area contributed by atoms with E-state index in [2.05, 4.69) is 15.2 Å². The molecule has 1 amide bonds. The molecule has 0 bridgehead atoms. The first kappa shape index (κ1) is 12.7. The van der Waals surface area contributed by atoms with Crippen LogP contribution in [0.25, 0.3) is 0 Å². The number of hydrogen-bond acceptors (Lipinski definition) is 4. The van der Waals surface area contributed by atoms with Gasteiger partial charge < -0.3 is 21.0 Å². The number of amides is 1. The molecule has 0 radical (unpaired) electrons. The molecule has 0 aromatic rings. The van der Waals surface area contributed by atoms with E-state index in [-0.39, 0.29) is 18.3 Å². The second kappa shape index (κ2) is 8.31. The van der Waals surface area contributed by atoms with Crippen molar-refractivity contribution in [2.75, 3.05) is 20.3 Å². The number of unbranched alkanes of at least 4 members (excludes halogenated alkanes) is 1. The van der Waals surface area contributed by atoms with Gasteiger partial charge in [0.15, 0.2) is 0 Å². The maximum Gasteiger partial charge on any atom is 0.245 e. The number of carbonyl (C=O) groups excluding carboxylic acids is 1. The first-order valence-electron chi connectivity index (χ1n) is 4.42. The number of carbonyl (C=O) groups is 1. The van der Waals surface area contributed by atoms with Crippen LogP contribution in [-0.2, 0) is 9.53 Å². The zero-order valence-corrected chi connectivity index (χ0v) is 8.32. The topological polar surface area (TPSA) is 96.9 Å². The monoisotopic (exact) mass is 203 g/mol. The van der Waals surface area contributed by atoms with Gasteiger partial charge in [-0.1, -0.05) is 5.16 Å². The molecule has 0 aromatic heterocycles. The smallest absolute Gasteiger partial charge is 0.245 e. The largest absolute Gasteiger partial charge is 0.409 e. The zero-order chi connectivity index (χ0) is 10.8. The Labute approximate surface area is 83.1 Å². The molecule has 6 nitrogen and oxygen atoms in total. The Bertz CT molecular complexity index is 194. The van der Waals surface area contributed by atoms with E-state index in [1.807, 2.05) is 0 Å². The molecule has 0 saturated heterocycles. The lowest BCUT2D eigenvalue weighted by Crippen LogP contribution is -2.28. The van der Waals surface area contributed by atoms with E-state index in [1.165, 1.54) is 7.11 Å². The average molecular weight is 203 g/mol. The van der Waals surface area contributed by atoms with Crippen molar-refractivity contribution >= 4 is 11.7 Å². The minimum Gasteiger partial charge on any atom is -0.409 e. The molecule has 0 aliphatic rings. The van der Waals surface area contributed by atoms with Gasteiger partial charge in [0.25, 0.3) is 0 Å². The normalized spacial score (nSPS) is 11.4. The summed E-state index contributed by atoms with van der Waals surface area (Å²) >= 11 is 0. The van der Waals surface area contributed by atoms with E-state index >= 15 is 0 Å². The molecular weight excluding hydrogens is 186 g/mol. The number of nitrogens with one attached hydrogen (secondary N) is 1. The molecule has 0 aliphatic heterocycles. The van der Waals surface area contributed by atoms with E-state index in [9.17, 15) is 4.79 Å². The predicted octanol–water partition coefficient (Wildman–Crippen LogP) is -0.334. The molecule has 6 heteroatoms. The fourth-order valence-electron chi connectivity index (χ4n) is 0.891. The van der Waals surface area contributed by atoms with Crippen molar-refractivity contribution < 1.29 is 14.7 Å². The van der Waals surface area contributed by atoms with Crippen LogP contribution in [0.1, 0.15) is 19.3 Å². The zero-order valence-electron chi connectivity index (χ0n) is 8.32. The number of rotatable bonds is 7. The molecule has 0 spiro atoms. The molecule has 82 valence electrons. The van der Waals surface area contributed by atoms with Gasteiger partial charge in [-0.2, -0.15) is 0 Å². The Morgan fingerprint density at radius 1 is 1.57 bits per heavy atom. The summed E-state index contributed by atoms with van der Waals surface area (Å²) in [6.07, 6.45) is 2.12. The lowest BCUT2D eigenvalue weighted by Gasteiger charge is -2.03. The van der Waals surface area contributed by atoms with Crippen molar-refractivity contribution in [3.05, 3.63) is 0 Å². The highest BCUT2D eigenvalue weighted by atomic mass is 16.5. The van der Waals surface area contributed by atoms with Crippen LogP contribution in [0.15, 0.2) is 5.16 Å². The van der Waals surface area contributed by atoms with Gasteiger partial charge in [0.1, 0.15) is 12.4 Å². The number of nitrogens with two attached hydrogens (primary N) is 1. The lowest BCUT2D eigenvalue weighted by molar-refractivity contribution is -0.124. The van der Waals surface area contributed by atoms with Crippen LogP contribution in [-0.4, -0.2) is 37.2 Å². The van der Waals surface area contributed by atoms with Crippen molar-refractivity contribution in [2.24, 2.45) is 10.9 Å². The molecule has 0 aromatic carbocycles. The maximum absolute atomic E-state index is 10.9. The number of oxime groups is 1. The van der Waals surface area contributed by atoms with Gasteiger partial charge in [-0.15, -0.1) is 0 Å².